The number of carbonyl (C=O) groups is 2. The van der Waals surface area contributed by atoms with Gasteiger partial charge in [-0.15, -0.1) is 0 Å². The van der Waals surface area contributed by atoms with Gasteiger partial charge < -0.3 is 15.6 Å². The van der Waals surface area contributed by atoms with Crippen molar-refractivity contribution in [1.82, 2.24) is 19.9 Å². The molecule has 0 bridgehead atoms. The Morgan fingerprint density at radius 1 is 1.21 bits per heavy atom. The number of amides is 2. The first-order valence-corrected chi connectivity index (χ1v) is 9.00. The Labute approximate surface area is 161 Å². The molecule has 0 aliphatic carbocycles. The monoisotopic (exact) mass is 382 g/mol. The van der Waals surface area contributed by atoms with Gasteiger partial charge in [0.05, 0.1) is 5.69 Å². The second kappa shape index (κ2) is 8.47. The number of nitrogens with two attached hydrogens (primary N) is 1. The normalized spacial score (nSPS) is 11.0. The summed E-state index contributed by atoms with van der Waals surface area (Å²) < 4.78 is 6.71. The van der Waals surface area contributed by atoms with Gasteiger partial charge in [0.25, 0.3) is 5.91 Å². The average molecular weight is 382 g/mol. The molecule has 2 aromatic heterocycles. The molecule has 2 amide bonds. The summed E-state index contributed by atoms with van der Waals surface area (Å²) in [5, 5.41) is 10.8. The van der Waals surface area contributed by atoms with Crippen LogP contribution in [0.5, 0.6) is 0 Å². The molecule has 0 radical (unpaired) electrons. The van der Waals surface area contributed by atoms with Crippen LogP contribution < -0.4 is 11.1 Å². The van der Waals surface area contributed by atoms with E-state index in [2.05, 4.69) is 20.6 Å². The van der Waals surface area contributed by atoms with Gasteiger partial charge in [-0.25, -0.2) is 4.68 Å². The van der Waals surface area contributed by atoms with Crippen molar-refractivity contribution in [3.63, 3.8) is 0 Å². The minimum Gasteiger partial charge on any atom is -0.364 e. The molecule has 3 rings (SSSR count). The Hall–Kier alpha value is -3.49. The third-order valence-electron chi connectivity index (χ3n) is 4.05. The van der Waals surface area contributed by atoms with Crippen LogP contribution in [-0.4, -0.2) is 31.7 Å². The molecular formula is C19H22N6O3. The van der Waals surface area contributed by atoms with Crippen molar-refractivity contribution in [1.29, 1.82) is 0 Å². The summed E-state index contributed by atoms with van der Waals surface area (Å²) in [6.07, 6.45) is 3.18. The SMILES string of the molecule is CC(C)c1noc(CCCC(=O)Nc2ccc(-n3ccc(C(N)=O)n3)cc2)n1. The topological polar surface area (TPSA) is 129 Å². The van der Waals surface area contributed by atoms with Crippen LogP contribution in [-0.2, 0) is 11.2 Å². The van der Waals surface area contributed by atoms with Gasteiger partial charge in [-0.2, -0.15) is 10.1 Å². The molecule has 28 heavy (non-hydrogen) atoms. The van der Waals surface area contributed by atoms with E-state index in [0.717, 1.165) is 5.69 Å². The Balaban J connectivity index is 1.49. The van der Waals surface area contributed by atoms with E-state index in [9.17, 15) is 9.59 Å². The molecule has 3 aromatic rings. The molecule has 9 nitrogen and oxygen atoms in total. The van der Waals surface area contributed by atoms with Crippen molar-refractivity contribution in [3.8, 4) is 5.69 Å². The molecular weight excluding hydrogens is 360 g/mol. The number of carbonyl (C=O) groups excluding carboxylic acids is 2. The lowest BCUT2D eigenvalue weighted by Gasteiger charge is -2.06. The lowest BCUT2D eigenvalue weighted by Crippen LogP contribution is -2.12. The first-order chi connectivity index (χ1) is 13.4. The van der Waals surface area contributed by atoms with Crippen molar-refractivity contribution in [2.24, 2.45) is 5.73 Å². The summed E-state index contributed by atoms with van der Waals surface area (Å²) >= 11 is 0. The Kier molecular flexibility index (Phi) is 5.83. The fourth-order valence-corrected chi connectivity index (χ4v) is 2.52. The maximum absolute atomic E-state index is 12.1. The van der Waals surface area contributed by atoms with Gasteiger partial charge in [-0.05, 0) is 36.8 Å². The fourth-order valence-electron chi connectivity index (χ4n) is 2.52. The number of rotatable bonds is 8. The number of aryl methyl sites for hydroxylation is 1. The van der Waals surface area contributed by atoms with Crippen molar-refractivity contribution in [2.75, 3.05) is 5.32 Å². The van der Waals surface area contributed by atoms with E-state index in [0.29, 0.717) is 36.7 Å². The number of hydrogen-bond acceptors (Lipinski definition) is 6. The lowest BCUT2D eigenvalue weighted by molar-refractivity contribution is -0.116. The largest absolute Gasteiger partial charge is 0.364 e. The van der Waals surface area contributed by atoms with Gasteiger partial charge in [0, 0.05) is 30.6 Å². The molecule has 0 saturated carbocycles. The molecule has 9 heteroatoms. The van der Waals surface area contributed by atoms with Crippen molar-refractivity contribution < 1.29 is 14.1 Å². The van der Waals surface area contributed by atoms with Crippen molar-refractivity contribution >= 4 is 17.5 Å². The highest BCUT2D eigenvalue weighted by atomic mass is 16.5. The van der Waals surface area contributed by atoms with Crippen LogP contribution in [0.25, 0.3) is 5.69 Å². The first kappa shape index (κ1) is 19.3. The number of benzene rings is 1. The smallest absolute Gasteiger partial charge is 0.269 e. The molecule has 0 atom stereocenters. The van der Waals surface area contributed by atoms with Crippen LogP contribution in [0.2, 0.25) is 0 Å². The van der Waals surface area contributed by atoms with Gasteiger partial charge in [0.15, 0.2) is 5.82 Å². The standard InChI is InChI=1S/C19H22N6O3/c1-12(2)19-22-17(28-24-19)5-3-4-16(26)21-13-6-8-14(9-7-13)25-11-10-15(23-25)18(20)27/h6-12H,3-5H2,1-2H3,(H2,20,27)(H,21,26). The third kappa shape index (κ3) is 4.81. The minimum atomic E-state index is -0.580. The summed E-state index contributed by atoms with van der Waals surface area (Å²) in [5.41, 5.74) is 6.82. The van der Waals surface area contributed by atoms with Gasteiger partial charge in [0.2, 0.25) is 11.8 Å². The van der Waals surface area contributed by atoms with Crippen LogP contribution in [0, 0.1) is 0 Å². The zero-order valence-electron chi connectivity index (χ0n) is 15.8. The highest BCUT2D eigenvalue weighted by Crippen LogP contribution is 2.15. The van der Waals surface area contributed by atoms with Crippen molar-refractivity contribution in [3.05, 3.63) is 53.9 Å². The maximum Gasteiger partial charge on any atom is 0.269 e. The maximum atomic E-state index is 12.1. The average Bonchev–Trinajstić information content (AvgIpc) is 3.32. The molecule has 0 aliphatic heterocycles. The second-order valence-corrected chi connectivity index (χ2v) is 6.66. The third-order valence-corrected chi connectivity index (χ3v) is 4.05. The number of nitrogens with one attached hydrogen (secondary N) is 1. The van der Waals surface area contributed by atoms with Crippen LogP contribution in [0.1, 0.15) is 54.8 Å². The molecule has 0 aliphatic rings. The van der Waals surface area contributed by atoms with Gasteiger partial charge in [0.1, 0.15) is 5.69 Å². The summed E-state index contributed by atoms with van der Waals surface area (Å²) in [6.45, 7) is 3.99. The number of anilines is 1. The van der Waals surface area contributed by atoms with Crippen LogP contribution in [0.3, 0.4) is 0 Å². The zero-order valence-corrected chi connectivity index (χ0v) is 15.8. The predicted molar refractivity (Wildman–Crippen MR) is 102 cm³/mol. The summed E-state index contributed by atoms with van der Waals surface area (Å²) in [4.78, 5) is 27.5. The van der Waals surface area contributed by atoms with E-state index in [1.165, 1.54) is 0 Å². The summed E-state index contributed by atoms with van der Waals surface area (Å²) in [7, 11) is 0. The number of nitrogens with zero attached hydrogens (tertiary/aromatic N) is 4. The van der Waals surface area contributed by atoms with E-state index in [1.807, 2.05) is 13.8 Å². The first-order valence-electron chi connectivity index (χ1n) is 9.00. The summed E-state index contributed by atoms with van der Waals surface area (Å²) in [5.74, 6) is 0.776. The Morgan fingerprint density at radius 2 is 1.96 bits per heavy atom. The predicted octanol–water partition coefficient (Wildman–Crippen LogP) is 2.44. The molecule has 1 aromatic carbocycles. The van der Waals surface area contributed by atoms with Gasteiger partial charge >= 0.3 is 0 Å². The van der Waals surface area contributed by atoms with Gasteiger partial charge in [-0.3, -0.25) is 9.59 Å². The quantitative estimate of drug-likeness (QED) is 0.615. The van der Waals surface area contributed by atoms with Crippen LogP contribution >= 0.6 is 0 Å². The number of aromatic nitrogens is 4. The van der Waals surface area contributed by atoms with E-state index < -0.39 is 5.91 Å². The molecule has 0 fully saturated rings. The minimum absolute atomic E-state index is 0.0912. The number of primary amides is 1. The van der Waals surface area contributed by atoms with Gasteiger partial charge in [-0.1, -0.05) is 19.0 Å². The highest BCUT2D eigenvalue weighted by Gasteiger charge is 2.11. The second-order valence-electron chi connectivity index (χ2n) is 6.66. The molecule has 2 heterocycles. The number of hydrogen-bond donors (Lipinski definition) is 2. The van der Waals surface area contributed by atoms with E-state index in [4.69, 9.17) is 10.3 Å². The summed E-state index contributed by atoms with van der Waals surface area (Å²) in [6, 6.07) is 8.67. The Morgan fingerprint density at radius 3 is 2.57 bits per heavy atom. The van der Waals surface area contributed by atoms with Crippen LogP contribution in [0.15, 0.2) is 41.1 Å². The molecule has 0 unspecified atom stereocenters. The lowest BCUT2D eigenvalue weighted by atomic mass is 10.2. The van der Waals surface area contributed by atoms with Crippen molar-refractivity contribution in [2.45, 2.75) is 39.0 Å². The Bertz CT molecular complexity index is 958. The molecule has 0 spiro atoms. The molecule has 0 saturated heterocycles. The molecule has 3 N–H and O–H groups in total. The highest BCUT2D eigenvalue weighted by molar-refractivity contribution is 5.91. The zero-order chi connectivity index (χ0) is 20.1. The van der Waals surface area contributed by atoms with E-state index in [1.54, 1.807) is 41.2 Å². The van der Waals surface area contributed by atoms with E-state index in [-0.39, 0.29) is 17.5 Å². The molecule has 146 valence electrons. The fraction of sp³-hybridized carbons (Fsp3) is 0.316. The van der Waals surface area contributed by atoms with Crippen LogP contribution in [0.4, 0.5) is 5.69 Å². The van der Waals surface area contributed by atoms with E-state index >= 15 is 0 Å².